The van der Waals surface area contributed by atoms with Gasteiger partial charge in [-0.3, -0.25) is 25.0 Å². The second-order valence-corrected chi connectivity index (χ2v) is 6.79. The van der Waals surface area contributed by atoms with Gasteiger partial charge in [0, 0.05) is 23.9 Å². The maximum absolute atomic E-state index is 12.6. The molecule has 4 rings (SSSR count). The van der Waals surface area contributed by atoms with Crippen molar-refractivity contribution in [1.29, 1.82) is 0 Å². The minimum atomic E-state index is -0.805. The highest BCUT2D eigenvalue weighted by Gasteiger charge is 2.20. The quantitative estimate of drug-likeness (QED) is 0.332. The maximum atomic E-state index is 12.6. The first-order chi connectivity index (χ1) is 14.8. The molecular formula is C20H11ClN4O6. The summed E-state index contributed by atoms with van der Waals surface area (Å²) in [5.74, 6) is -0.449. The van der Waals surface area contributed by atoms with Crippen LogP contribution in [-0.4, -0.2) is 20.7 Å². The summed E-state index contributed by atoms with van der Waals surface area (Å²) in [6.07, 6.45) is 0. The third-order valence-electron chi connectivity index (χ3n) is 4.34. The molecule has 0 saturated heterocycles. The van der Waals surface area contributed by atoms with Gasteiger partial charge in [0.1, 0.15) is 5.52 Å². The zero-order valence-corrected chi connectivity index (χ0v) is 16.2. The fraction of sp³-hybridized carbons (Fsp3) is 0. The van der Waals surface area contributed by atoms with Gasteiger partial charge in [0.15, 0.2) is 5.58 Å². The molecule has 11 heteroatoms. The summed E-state index contributed by atoms with van der Waals surface area (Å²) in [6.45, 7) is 0. The molecule has 0 spiro atoms. The van der Waals surface area contributed by atoms with Crippen LogP contribution in [0.15, 0.2) is 65.1 Å². The van der Waals surface area contributed by atoms with Crippen LogP contribution in [0.5, 0.6) is 0 Å². The van der Waals surface area contributed by atoms with Crippen molar-refractivity contribution in [2.24, 2.45) is 0 Å². The van der Waals surface area contributed by atoms with Crippen molar-refractivity contribution in [3.05, 3.63) is 91.5 Å². The fourth-order valence-electron chi connectivity index (χ4n) is 2.89. The van der Waals surface area contributed by atoms with Crippen LogP contribution < -0.4 is 5.32 Å². The number of aromatic nitrogens is 1. The molecule has 0 radical (unpaired) electrons. The van der Waals surface area contributed by atoms with E-state index in [0.717, 1.165) is 18.2 Å². The van der Waals surface area contributed by atoms with Crippen LogP contribution in [0.4, 0.5) is 17.1 Å². The van der Waals surface area contributed by atoms with E-state index in [1.54, 1.807) is 36.4 Å². The van der Waals surface area contributed by atoms with E-state index < -0.39 is 27.1 Å². The number of carbonyl (C=O) groups excluding carboxylic acids is 1. The largest absolute Gasteiger partial charge is 0.436 e. The van der Waals surface area contributed by atoms with Gasteiger partial charge in [-0.25, -0.2) is 4.98 Å². The van der Waals surface area contributed by atoms with Crippen molar-refractivity contribution in [3.63, 3.8) is 0 Å². The minimum absolute atomic E-state index is 0.227. The standard InChI is InChI=1S/C20H11ClN4O6/c21-16-4-2-1-3-15(16)20-23-17-6-5-12(9-18(17)31-20)22-19(26)11-7-13(24(27)28)10-14(8-11)25(29)30/h1-10H,(H,22,26). The first-order valence-electron chi connectivity index (χ1n) is 8.72. The molecule has 0 bridgehead atoms. The van der Waals surface area contributed by atoms with Gasteiger partial charge in [-0.05, 0) is 24.3 Å². The number of benzene rings is 3. The zero-order valence-electron chi connectivity index (χ0n) is 15.4. The van der Waals surface area contributed by atoms with E-state index in [0.29, 0.717) is 33.3 Å². The summed E-state index contributed by atoms with van der Waals surface area (Å²) >= 11 is 6.17. The van der Waals surface area contributed by atoms with Gasteiger partial charge in [0.05, 0.1) is 32.1 Å². The molecule has 3 aromatic carbocycles. The van der Waals surface area contributed by atoms with E-state index in [4.69, 9.17) is 16.0 Å². The lowest BCUT2D eigenvalue weighted by Crippen LogP contribution is -2.12. The molecule has 1 aromatic heterocycles. The van der Waals surface area contributed by atoms with E-state index in [1.165, 1.54) is 6.07 Å². The number of fused-ring (bicyclic) bond motifs is 1. The Hall–Kier alpha value is -4.31. The molecule has 0 aliphatic rings. The molecule has 1 amide bonds. The van der Waals surface area contributed by atoms with E-state index in [-0.39, 0.29) is 5.56 Å². The third kappa shape index (κ3) is 4.05. The molecule has 4 aromatic rings. The number of nitro groups is 2. The Morgan fingerprint density at radius 1 is 0.968 bits per heavy atom. The predicted molar refractivity (Wildman–Crippen MR) is 112 cm³/mol. The average molecular weight is 439 g/mol. The molecule has 1 N–H and O–H groups in total. The summed E-state index contributed by atoms with van der Waals surface area (Å²) < 4.78 is 5.74. The lowest BCUT2D eigenvalue weighted by Gasteiger charge is -2.05. The van der Waals surface area contributed by atoms with Crippen LogP contribution in [0, 0.1) is 20.2 Å². The summed E-state index contributed by atoms with van der Waals surface area (Å²) in [5.41, 5.74) is 0.471. The van der Waals surface area contributed by atoms with Crippen LogP contribution in [0.2, 0.25) is 5.02 Å². The number of hydrogen-bond acceptors (Lipinski definition) is 7. The number of oxazole rings is 1. The molecule has 0 aliphatic heterocycles. The average Bonchev–Trinajstić information content (AvgIpc) is 3.16. The second kappa shape index (κ2) is 7.84. The van der Waals surface area contributed by atoms with E-state index in [2.05, 4.69) is 10.3 Å². The highest BCUT2D eigenvalue weighted by Crippen LogP contribution is 2.31. The number of hydrogen-bond donors (Lipinski definition) is 1. The summed E-state index contributed by atoms with van der Waals surface area (Å²) in [7, 11) is 0. The smallest absolute Gasteiger partial charge is 0.277 e. The molecule has 10 nitrogen and oxygen atoms in total. The molecular weight excluding hydrogens is 428 g/mol. The maximum Gasteiger partial charge on any atom is 0.277 e. The van der Waals surface area contributed by atoms with Crippen LogP contribution in [0.25, 0.3) is 22.6 Å². The lowest BCUT2D eigenvalue weighted by atomic mass is 10.1. The topological polar surface area (TPSA) is 141 Å². The van der Waals surface area contributed by atoms with E-state index in [9.17, 15) is 25.0 Å². The van der Waals surface area contributed by atoms with Crippen molar-refractivity contribution in [2.75, 3.05) is 5.32 Å². The monoisotopic (exact) mass is 438 g/mol. The number of non-ortho nitro benzene ring substituents is 2. The van der Waals surface area contributed by atoms with Gasteiger partial charge in [0.2, 0.25) is 5.89 Å². The molecule has 0 atom stereocenters. The fourth-order valence-corrected chi connectivity index (χ4v) is 3.11. The van der Waals surface area contributed by atoms with Gasteiger partial charge in [-0.15, -0.1) is 0 Å². The van der Waals surface area contributed by atoms with Gasteiger partial charge in [0.25, 0.3) is 17.3 Å². The number of amides is 1. The van der Waals surface area contributed by atoms with Gasteiger partial charge in [-0.1, -0.05) is 23.7 Å². The van der Waals surface area contributed by atoms with Crippen molar-refractivity contribution < 1.29 is 19.1 Å². The molecule has 0 saturated carbocycles. The minimum Gasteiger partial charge on any atom is -0.436 e. The van der Waals surface area contributed by atoms with Gasteiger partial charge in [-0.2, -0.15) is 0 Å². The molecule has 0 unspecified atom stereocenters. The summed E-state index contributed by atoms with van der Waals surface area (Å²) in [5, 5.41) is 25.1. The summed E-state index contributed by atoms with van der Waals surface area (Å²) in [6, 6.07) is 14.4. The predicted octanol–water partition coefficient (Wildman–Crippen LogP) is 5.22. The molecule has 154 valence electrons. The molecule has 1 heterocycles. The van der Waals surface area contributed by atoms with Gasteiger partial charge < -0.3 is 9.73 Å². The first kappa shape index (κ1) is 20.0. The first-order valence-corrected chi connectivity index (χ1v) is 9.10. The number of nitrogens with zero attached hydrogens (tertiary/aromatic N) is 3. The van der Waals surface area contributed by atoms with Crippen LogP contribution in [0.1, 0.15) is 10.4 Å². The molecule has 0 fully saturated rings. The van der Waals surface area contributed by atoms with Crippen molar-refractivity contribution >= 4 is 45.7 Å². The van der Waals surface area contributed by atoms with Crippen LogP contribution in [0.3, 0.4) is 0 Å². The Balaban J connectivity index is 1.64. The molecule has 0 aliphatic carbocycles. The van der Waals surface area contributed by atoms with Crippen molar-refractivity contribution in [3.8, 4) is 11.5 Å². The number of carbonyl (C=O) groups is 1. The Kier molecular flexibility index (Phi) is 5.05. The Morgan fingerprint density at radius 3 is 2.29 bits per heavy atom. The normalized spacial score (nSPS) is 10.7. The SMILES string of the molecule is O=C(Nc1ccc2nc(-c3ccccc3Cl)oc2c1)c1cc([N+](=O)[O-])cc([N+](=O)[O-])c1. The van der Waals surface area contributed by atoms with Gasteiger partial charge >= 0.3 is 0 Å². The number of nitrogens with one attached hydrogen (secondary N) is 1. The van der Waals surface area contributed by atoms with Crippen LogP contribution in [-0.2, 0) is 0 Å². The Morgan fingerprint density at radius 2 is 1.65 bits per heavy atom. The van der Waals surface area contributed by atoms with E-state index >= 15 is 0 Å². The van der Waals surface area contributed by atoms with Crippen LogP contribution >= 0.6 is 11.6 Å². The van der Waals surface area contributed by atoms with Crippen molar-refractivity contribution in [1.82, 2.24) is 4.98 Å². The number of halogens is 1. The molecule has 31 heavy (non-hydrogen) atoms. The summed E-state index contributed by atoms with van der Waals surface area (Å²) in [4.78, 5) is 37.4. The van der Waals surface area contributed by atoms with Crippen molar-refractivity contribution in [2.45, 2.75) is 0 Å². The highest BCUT2D eigenvalue weighted by molar-refractivity contribution is 6.33. The highest BCUT2D eigenvalue weighted by atomic mass is 35.5. The van der Waals surface area contributed by atoms with E-state index in [1.807, 2.05) is 0 Å². The Bertz CT molecular complexity index is 1330. The third-order valence-corrected chi connectivity index (χ3v) is 4.67. The zero-order chi connectivity index (χ0) is 22.1. The lowest BCUT2D eigenvalue weighted by molar-refractivity contribution is -0.394. The number of nitro benzene ring substituents is 2. The number of rotatable bonds is 5. The Labute approximate surface area is 178 Å². The second-order valence-electron chi connectivity index (χ2n) is 6.39. The number of anilines is 1.